The molecule has 0 saturated carbocycles. The van der Waals surface area contributed by atoms with Crippen molar-refractivity contribution in [3.63, 3.8) is 0 Å². The fourth-order valence-corrected chi connectivity index (χ4v) is 3.64. The minimum atomic E-state index is -0.208. The van der Waals surface area contributed by atoms with Crippen molar-refractivity contribution in [2.45, 2.75) is 13.0 Å². The molecule has 0 amide bonds. The van der Waals surface area contributed by atoms with Gasteiger partial charge in [0.05, 0.1) is 29.8 Å². The largest absolute Gasteiger partial charge is 0.495 e. The predicted molar refractivity (Wildman–Crippen MR) is 128 cm³/mol. The van der Waals surface area contributed by atoms with Crippen molar-refractivity contribution < 1.29 is 9.47 Å². The number of nitrogens with one attached hydrogen (secondary N) is 2. The quantitative estimate of drug-likeness (QED) is 0.395. The lowest BCUT2D eigenvalue weighted by Crippen LogP contribution is -2.15. The molecule has 0 spiro atoms. The number of fused-ring (bicyclic) bond motifs is 1. The maximum Gasteiger partial charge on any atom is 0.253 e. The van der Waals surface area contributed by atoms with E-state index in [1.165, 1.54) is 7.11 Å². The van der Waals surface area contributed by atoms with E-state index < -0.39 is 0 Å². The summed E-state index contributed by atoms with van der Waals surface area (Å²) in [5.41, 5.74) is 3.29. The van der Waals surface area contributed by atoms with Crippen LogP contribution in [0, 0.1) is 11.3 Å². The Morgan fingerprint density at radius 3 is 2.70 bits per heavy atom. The standard InChI is InChI=1S/C25H21ClN4O3/c1-32-23-12-20(3-2-17(23)14-27)29-15-19-10-18-11-21(26)24(13-22(18)30-25(19)31)33-9-6-16-4-7-28-8-5-16/h2-5,7-8,10-13,29H,6,9,15H2,1H3,(H,30,31). The van der Waals surface area contributed by atoms with Crippen molar-refractivity contribution in [3.05, 3.63) is 93.0 Å². The first-order valence-electron chi connectivity index (χ1n) is 10.3. The Morgan fingerprint density at radius 2 is 1.94 bits per heavy atom. The number of aromatic amines is 1. The molecule has 33 heavy (non-hydrogen) atoms. The Kier molecular flexibility index (Phi) is 6.77. The van der Waals surface area contributed by atoms with Gasteiger partial charge in [0.2, 0.25) is 0 Å². The molecular weight excluding hydrogens is 440 g/mol. The fraction of sp³-hybridized carbons (Fsp3) is 0.160. The molecule has 4 rings (SSSR count). The van der Waals surface area contributed by atoms with Crippen LogP contribution in [-0.4, -0.2) is 23.7 Å². The van der Waals surface area contributed by atoms with Gasteiger partial charge in [-0.1, -0.05) is 11.6 Å². The third-order valence-corrected chi connectivity index (χ3v) is 5.47. The van der Waals surface area contributed by atoms with Gasteiger partial charge < -0.3 is 19.8 Å². The van der Waals surface area contributed by atoms with E-state index in [-0.39, 0.29) is 5.56 Å². The second kappa shape index (κ2) is 10.1. The minimum Gasteiger partial charge on any atom is -0.495 e. The summed E-state index contributed by atoms with van der Waals surface area (Å²) in [6.45, 7) is 0.748. The SMILES string of the molecule is COc1cc(NCc2cc3cc(Cl)c(OCCc4ccncc4)cc3[nH]c2=O)ccc1C#N. The van der Waals surface area contributed by atoms with Gasteiger partial charge in [0.15, 0.2) is 0 Å². The Balaban J connectivity index is 1.48. The van der Waals surface area contributed by atoms with E-state index in [1.807, 2.05) is 12.1 Å². The normalized spacial score (nSPS) is 10.6. The maximum absolute atomic E-state index is 12.6. The van der Waals surface area contributed by atoms with Gasteiger partial charge >= 0.3 is 0 Å². The molecule has 0 fully saturated rings. The molecule has 0 atom stereocenters. The third-order valence-electron chi connectivity index (χ3n) is 5.18. The van der Waals surface area contributed by atoms with Gasteiger partial charge in [-0.15, -0.1) is 0 Å². The summed E-state index contributed by atoms with van der Waals surface area (Å²) in [5.74, 6) is 0.989. The zero-order valence-electron chi connectivity index (χ0n) is 17.9. The topological polar surface area (TPSA) is 100 Å². The van der Waals surface area contributed by atoms with Crippen LogP contribution in [0.1, 0.15) is 16.7 Å². The molecule has 2 aromatic heterocycles. The molecular formula is C25H21ClN4O3. The number of ether oxygens (including phenoxy) is 2. The molecule has 166 valence electrons. The van der Waals surface area contributed by atoms with E-state index in [2.05, 4.69) is 21.4 Å². The van der Waals surface area contributed by atoms with Crippen LogP contribution in [0.5, 0.6) is 11.5 Å². The van der Waals surface area contributed by atoms with Crippen molar-refractivity contribution >= 4 is 28.2 Å². The maximum atomic E-state index is 12.6. The number of hydrogen-bond acceptors (Lipinski definition) is 6. The number of benzene rings is 2. The lowest BCUT2D eigenvalue weighted by Gasteiger charge is -2.11. The highest BCUT2D eigenvalue weighted by Crippen LogP contribution is 2.29. The summed E-state index contributed by atoms with van der Waals surface area (Å²) in [6.07, 6.45) is 4.21. The average Bonchev–Trinajstić information content (AvgIpc) is 2.84. The monoisotopic (exact) mass is 460 g/mol. The van der Waals surface area contributed by atoms with E-state index in [9.17, 15) is 4.79 Å². The molecule has 4 aromatic rings. The molecule has 0 unspecified atom stereocenters. The van der Waals surface area contributed by atoms with Crippen LogP contribution < -0.4 is 20.3 Å². The van der Waals surface area contributed by atoms with Crippen LogP contribution in [0.15, 0.2) is 65.7 Å². The van der Waals surface area contributed by atoms with Gasteiger partial charge in [-0.05, 0) is 42.0 Å². The van der Waals surface area contributed by atoms with E-state index in [1.54, 1.807) is 48.8 Å². The average molecular weight is 461 g/mol. The minimum absolute atomic E-state index is 0.208. The van der Waals surface area contributed by atoms with Gasteiger partial charge in [-0.3, -0.25) is 9.78 Å². The Morgan fingerprint density at radius 1 is 1.12 bits per heavy atom. The first-order valence-corrected chi connectivity index (χ1v) is 10.6. The summed E-state index contributed by atoms with van der Waals surface area (Å²) in [4.78, 5) is 19.5. The molecule has 2 N–H and O–H groups in total. The number of hydrogen-bond donors (Lipinski definition) is 2. The first-order chi connectivity index (χ1) is 16.1. The summed E-state index contributed by atoms with van der Waals surface area (Å²) in [6, 6.07) is 16.4. The second-order valence-electron chi connectivity index (χ2n) is 7.33. The van der Waals surface area contributed by atoms with Gasteiger partial charge in [-0.25, -0.2) is 0 Å². The zero-order valence-corrected chi connectivity index (χ0v) is 18.6. The molecule has 0 bridgehead atoms. The van der Waals surface area contributed by atoms with E-state index in [0.717, 1.165) is 23.1 Å². The summed E-state index contributed by atoms with van der Waals surface area (Å²) < 4.78 is 11.1. The Bertz CT molecular complexity index is 1380. The van der Waals surface area contributed by atoms with Crippen LogP contribution in [-0.2, 0) is 13.0 Å². The molecule has 7 nitrogen and oxygen atoms in total. The van der Waals surface area contributed by atoms with Crippen molar-refractivity contribution in [3.8, 4) is 17.6 Å². The number of anilines is 1. The van der Waals surface area contributed by atoms with E-state index in [0.29, 0.717) is 46.3 Å². The summed E-state index contributed by atoms with van der Waals surface area (Å²) in [5, 5.41) is 13.6. The number of halogens is 1. The molecule has 0 radical (unpaired) electrons. The van der Waals surface area contributed by atoms with Crippen LogP contribution in [0.2, 0.25) is 5.02 Å². The molecule has 0 aliphatic rings. The molecule has 0 aliphatic heterocycles. The fourth-order valence-electron chi connectivity index (χ4n) is 3.41. The number of aromatic nitrogens is 2. The number of rotatable bonds is 8. The van der Waals surface area contributed by atoms with Crippen molar-refractivity contribution in [2.24, 2.45) is 0 Å². The van der Waals surface area contributed by atoms with Gasteiger partial charge in [0.1, 0.15) is 17.6 Å². The smallest absolute Gasteiger partial charge is 0.253 e. The van der Waals surface area contributed by atoms with Crippen molar-refractivity contribution in [1.82, 2.24) is 9.97 Å². The zero-order chi connectivity index (χ0) is 23.2. The van der Waals surface area contributed by atoms with Crippen LogP contribution in [0.4, 0.5) is 5.69 Å². The van der Waals surface area contributed by atoms with Crippen molar-refractivity contribution in [2.75, 3.05) is 19.0 Å². The number of nitriles is 1. The Labute approximate surface area is 195 Å². The lowest BCUT2D eigenvalue weighted by molar-refractivity contribution is 0.322. The molecule has 0 aliphatic carbocycles. The van der Waals surface area contributed by atoms with E-state index in [4.69, 9.17) is 26.3 Å². The number of pyridine rings is 2. The second-order valence-corrected chi connectivity index (χ2v) is 7.74. The van der Waals surface area contributed by atoms with Crippen LogP contribution in [0.3, 0.4) is 0 Å². The molecule has 0 saturated heterocycles. The summed E-state index contributed by atoms with van der Waals surface area (Å²) in [7, 11) is 1.51. The highest BCUT2D eigenvalue weighted by molar-refractivity contribution is 6.32. The van der Waals surface area contributed by atoms with Crippen LogP contribution in [0.25, 0.3) is 10.9 Å². The lowest BCUT2D eigenvalue weighted by atomic mass is 10.1. The Hall–Kier alpha value is -4.02. The molecule has 8 heteroatoms. The first kappa shape index (κ1) is 22.2. The van der Waals surface area contributed by atoms with E-state index >= 15 is 0 Å². The van der Waals surface area contributed by atoms with Crippen LogP contribution >= 0.6 is 11.6 Å². The van der Waals surface area contributed by atoms with Gasteiger partial charge in [0.25, 0.3) is 5.56 Å². The van der Waals surface area contributed by atoms with Crippen molar-refractivity contribution in [1.29, 1.82) is 5.26 Å². The third kappa shape index (κ3) is 5.25. The predicted octanol–water partition coefficient (Wildman–Crippen LogP) is 4.69. The molecule has 2 heterocycles. The number of H-pyrrole nitrogens is 1. The molecule has 2 aromatic carbocycles. The highest BCUT2D eigenvalue weighted by Gasteiger charge is 2.10. The number of methoxy groups -OCH3 is 1. The van der Waals surface area contributed by atoms with Gasteiger partial charge in [0, 0.05) is 54.1 Å². The van der Waals surface area contributed by atoms with Gasteiger partial charge in [-0.2, -0.15) is 5.26 Å². The highest BCUT2D eigenvalue weighted by atomic mass is 35.5. The number of nitrogens with zero attached hydrogens (tertiary/aromatic N) is 2. The summed E-state index contributed by atoms with van der Waals surface area (Å²) >= 11 is 6.43.